The van der Waals surface area contributed by atoms with Gasteiger partial charge in [-0.3, -0.25) is 0 Å². The van der Waals surface area contributed by atoms with Crippen LogP contribution in [0, 0.1) is 0 Å². The molecule has 1 atom stereocenters. The van der Waals surface area contributed by atoms with Crippen LogP contribution < -0.4 is 4.74 Å². The lowest BCUT2D eigenvalue weighted by Crippen LogP contribution is -2.20. The summed E-state index contributed by atoms with van der Waals surface area (Å²) in [5.74, 6) is 0.897. The molecule has 1 aromatic carbocycles. The lowest BCUT2D eigenvalue weighted by atomic mass is 9.80. The summed E-state index contributed by atoms with van der Waals surface area (Å²) in [4.78, 5) is 0. The first kappa shape index (κ1) is 12.4. The van der Waals surface area contributed by atoms with E-state index in [-0.39, 0.29) is 10.8 Å². The maximum absolute atomic E-state index is 6.05. The molecule has 0 saturated carbocycles. The molecule has 0 radical (unpaired) electrons. The van der Waals surface area contributed by atoms with Crippen LogP contribution in [0.4, 0.5) is 0 Å². The van der Waals surface area contributed by atoms with E-state index in [0.29, 0.717) is 0 Å². The summed E-state index contributed by atoms with van der Waals surface area (Å²) >= 11 is 6.05. The molecule has 15 heavy (non-hydrogen) atoms. The van der Waals surface area contributed by atoms with Crippen molar-refractivity contribution in [3.8, 4) is 5.75 Å². The van der Waals surface area contributed by atoms with E-state index in [4.69, 9.17) is 16.3 Å². The highest BCUT2D eigenvalue weighted by atomic mass is 35.5. The molecule has 84 valence electrons. The fourth-order valence-electron chi connectivity index (χ4n) is 1.86. The first-order valence-electron chi connectivity index (χ1n) is 5.24. The van der Waals surface area contributed by atoms with Crippen LogP contribution in [0.1, 0.15) is 32.8 Å². The Kier molecular flexibility index (Phi) is 4.04. The molecule has 1 rings (SSSR count). The van der Waals surface area contributed by atoms with Gasteiger partial charge >= 0.3 is 0 Å². The standard InChI is InChI=1S/C13H19ClO/c1-10(14)9-13(2,3)11-5-7-12(15-4)8-6-11/h5-8,10H,9H2,1-4H3. The van der Waals surface area contributed by atoms with E-state index in [1.54, 1.807) is 7.11 Å². The van der Waals surface area contributed by atoms with Gasteiger partial charge in [0, 0.05) is 5.38 Å². The Balaban J connectivity index is 2.85. The van der Waals surface area contributed by atoms with Crippen molar-refractivity contribution >= 4 is 11.6 Å². The van der Waals surface area contributed by atoms with Crippen molar-refractivity contribution in [3.05, 3.63) is 29.8 Å². The van der Waals surface area contributed by atoms with E-state index >= 15 is 0 Å². The van der Waals surface area contributed by atoms with Crippen LogP contribution in [0.3, 0.4) is 0 Å². The molecule has 0 aliphatic carbocycles. The SMILES string of the molecule is COc1ccc(C(C)(C)CC(C)Cl)cc1. The molecule has 0 N–H and O–H groups in total. The van der Waals surface area contributed by atoms with Crippen LogP contribution in [0.2, 0.25) is 0 Å². The second-order valence-corrected chi connectivity index (χ2v) is 5.34. The largest absolute Gasteiger partial charge is 0.497 e. The van der Waals surface area contributed by atoms with Crippen LogP contribution in [0.25, 0.3) is 0 Å². The molecular weight excluding hydrogens is 208 g/mol. The van der Waals surface area contributed by atoms with Gasteiger partial charge in [-0.05, 0) is 36.5 Å². The zero-order valence-corrected chi connectivity index (χ0v) is 10.6. The molecule has 1 aromatic rings. The Bertz CT molecular complexity index is 301. The Hall–Kier alpha value is -0.690. The second kappa shape index (κ2) is 4.89. The average Bonchev–Trinajstić information content (AvgIpc) is 2.16. The number of ether oxygens (including phenoxy) is 1. The smallest absolute Gasteiger partial charge is 0.118 e. The van der Waals surface area contributed by atoms with Gasteiger partial charge in [0.25, 0.3) is 0 Å². The Morgan fingerprint density at radius 3 is 2.20 bits per heavy atom. The van der Waals surface area contributed by atoms with Crippen molar-refractivity contribution in [2.24, 2.45) is 0 Å². The third kappa shape index (κ3) is 3.42. The second-order valence-electron chi connectivity index (χ2n) is 4.60. The van der Waals surface area contributed by atoms with Crippen LogP contribution in [0.15, 0.2) is 24.3 Å². The van der Waals surface area contributed by atoms with Gasteiger partial charge in [0.15, 0.2) is 0 Å². The summed E-state index contributed by atoms with van der Waals surface area (Å²) in [6.07, 6.45) is 0.973. The maximum atomic E-state index is 6.05. The Morgan fingerprint density at radius 2 is 1.80 bits per heavy atom. The number of hydrogen-bond donors (Lipinski definition) is 0. The predicted octanol–water partition coefficient (Wildman–Crippen LogP) is 3.99. The van der Waals surface area contributed by atoms with Crippen LogP contribution >= 0.6 is 11.6 Å². The van der Waals surface area contributed by atoms with Crippen molar-refractivity contribution in [1.29, 1.82) is 0 Å². The Labute approximate surface area is 97.4 Å². The minimum atomic E-state index is 0.118. The number of rotatable bonds is 4. The van der Waals surface area contributed by atoms with Crippen molar-refractivity contribution in [2.45, 2.75) is 38.0 Å². The van der Waals surface area contributed by atoms with Gasteiger partial charge in [-0.25, -0.2) is 0 Å². The first-order valence-corrected chi connectivity index (χ1v) is 5.68. The van der Waals surface area contributed by atoms with Crippen LogP contribution in [0.5, 0.6) is 5.75 Å². The molecule has 0 fully saturated rings. The molecule has 0 aromatic heterocycles. The molecule has 0 saturated heterocycles. The first-order chi connectivity index (χ1) is 6.95. The molecular formula is C13H19ClO. The average molecular weight is 227 g/mol. The lowest BCUT2D eigenvalue weighted by molar-refractivity contribution is 0.413. The van der Waals surface area contributed by atoms with Crippen LogP contribution in [-0.2, 0) is 5.41 Å². The minimum absolute atomic E-state index is 0.118. The van der Waals surface area contributed by atoms with Gasteiger partial charge in [0.1, 0.15) is 5.75 Å². The molecule has 1 unspecified atom stereocenters. The molecule has 0 bridgehead atoms. The number of methoxy groups -OCH3 is 1. The normalized spacial score (nSPS) is 13.7. The fraction of sp³-hybridized carbons (Fsp3) is 0.538. The third-order valence-electron chi connectivity index (χ3n) is 2.66. The third-order valence-corrected chi connectivity index (χ3v) is 2.82. The van der Waals surface area contributed by atoms with Gasteiger partial charge in [0.2, 0.25) is 0 Å². The molecule has 0 aliphatic heterocycles. The number of hydrogen-bond acceptors (Lipinski definition) is 1. The Morgan fingerprint density at radius 1 is 1.27 bits per heavy atom. The van der Waals surface area contributed by atoms with E-state index in [1.807, 2.05) is 19.1 Å². The maximum Gasteiger partial charge on any atom is 0.118 e. The van der Waals surface area contributed by atoms with Crippen LogP contribution in [-0.4, -0.2) is 12.5 Å². The van der Waals surface area contributed by atoms with E-state index in [2.05, 4.69) is 26.0 Å². The van der Waals surface area contributed by atoms with Crippen molar-refractivity contribution in [1.82, 2.24) is 0 Å². The fourth-order valence-corrected chi connectivity index (χ4v) is 2.25. The minimum Gasteiger partial charge on any atom is -0.497 e. The van der Waals surface area contributed by atoms with Crippen molar-refractivity contribution in [2.75, 3.05) is 7.11 Å². The topological polar surface area (TPSA) is 9.23 Å². The number of alkyl halides is 1. The lowest BCUT2D eigenvalue weighted by Gasteiger charge is -2.26. The molecule has 1 nitrogen and oxygen atoms in total. The summed E-state index contributed by atoms with van der Waals surface area (Å²) in [6, 6.07) is 8.21. The molecule has 0 heterocycles. The van der Waals surface area contributed by atoms with Crippen molar-refractivity contribution < 1.29 is 4.74 Å². The van der Waals surface area contributed by atoms with Gasteiger partial charge < -0.3 is 4.74 Å². The zero-order valence-electron chi connectivity index (χ0n) is 9.88. The van der Waals surface area contributed by atoms with E-state index in [1.165, 1.54) is 5.56 Å². The van der Waals surface area contributed by atoms with Gasteiger partial charge in [0.05, 0.1) is 7.11 Å². The summed E-state index contributed by atoms with van der Waals surface area (Å²) in [7, 11) is 1.68. The quantitative estimate of drug-likeness (QED) is 0.706. The zero-order chi connectivity index (χ0) is 11.5. The van der Waals surface area contributed by atoms with E-state index in [0.717, 1.165) is 12.2 Å². The van der Waals surface area contributed by atoms with E-state index in [9.17, 15) is 0 Å². The molecule has 0 amide bonds. The monoisotopic (exact) mass is 226 g/mol. The predicted molar refractivity (Wildman–Crippen MR) is 66.0 cm³/mol. The van der Waals surface area contributed by atoms with E-state index < -0.39 is 0 Å². The molecule has 0 spiro atoms. The summed E-state index contributed by atoms with van der Waals surface area (Å²) < 4.78 is 5.14. The number of halogens is 1. The van der Waals surface area contributed by atoms with Gasteiger partial charge in [-0.1, -0.05) is 26.0 Å². The summed E-state index contributed by atoms with van der Waals surface area (Å²) in [6.45, 7) is 6.47. The molecule has 2 heteroatoms. The highest BCUT2D eigenvalue weighted by molar-refractivity contribution is 6.20. The summed E-state index contributed by atoms with van der Waals surface area (Å²) in [5.41, 5.74) is 1.42. The molecule has 0 aliphatic rings. The van der Waals surface area contributed by atoms with Gasteiger partial charge in [-0.2, -0.15) is 0 Å². The van der Waals surface area contributed by atoms with Gasteiger partial charge in [-0.15, -0.1) is 11.6 Å². The highest BCUT2D eigenvalue weighted by Gasteiger charge is 2.22. The summed E-state index contributed by atoms with van der Waals surface area (Å²) in [5, 5.41) is 0.196. The number of benzene rings is 1. The highest BCUT2D eigenvalue weighted by Crippen LogP contribution is 2.30. The van der Waals surface area contributed by atoms with Crippen molar-refractivity contribution in [3.63, 3.8) is 0 Å².